The maximum Gasteiger partial charge on any atom is 0.243 e. The molecule has 1 aromatic carbocycles. The highest BCUT2D eigenvalue weighted by Crippen LogP contribution is 2.28. The fraction of sp³-hybridized carbons (Fsp3) is 0.632. The minimum absolute atomic E-state index is 0.0351. The zero-order valence-corrected chi connectivity index (χ0v) is 18.6. The molecule has 1 N–H and O–H groups in total. The SMILES string of the molecule is CCOc1ccc(S(=O)(=O)N(CC)CC(=O)NCCCN2CCOCC2)cc1Cl. The van der Waals surface area contributed by atoms with Gasteiger partial charge in [0.2, 0.25) is 15.9 Å². The second-order valence-electron chi connectivity index (χ2n) is 6.61. The molecule has 164 valence electrons. The predicted molar refractivity (Wildman–Crippen MR) is 112 cm³/mol. The number of halogens is 1. The van der Waals surface area contributed by atoms with Crippen LogP contribution in [0.2, 0.25) is 5.02 Å². The van der Waals surface area contributed by atoms with Gasteiger partial charge in [-0.1, -0.05) is 18.5 Å². The van der Waals surface area contributed by atoms with Crippen LogP contribution in [0.15, 0.2) is 23.1 Å². The number of nitrogens with one attached hydrogen (secondary N) is 1. The highest BCUT2D eigenvalue weighted by atomic mass is 35.5. The zero-order valence-electron chi connectivity index (χ0n) is 17.0. The molecule has 8 nitrogen and oxygen atoms in total. The Kier molecular flexibility index (Phi) is 9.64. The molecule has 0 atom stereocenters. The van der Waals surface area contributed by atoms with Crippen molar-refractivity contribution in [1.29, 1.82) is 0 Å². The Labute approximate surface area is 178 Å². The molecule has 0 bridgehead atoms. The van der Waals surface area contributed by atoms with E-state index in [9.17, 15) is 13.2 Å². The third kappa shape index (κ3) is 7.11. The van der Waals surface area contributed by atoms with Crippen molar-refractivity contribution in [2.45, 2.75) is 25.2 Å². The summed E-state index contributed by atoms with van der Waals surface area (Å²) in [6, 6.07) is 4.32. The molecule has 10 heteroatoms. The molecule has 29 heavy (non-hydrogen) atoms. The quantitative estimate of drug-likeness (QED) is 0.518. The van der Waals surface area contributed by atoms with E-state index in [0.29, 0.717) is 18.9 Å². The lowest BCUT2D eigenvalue weighted by Gasteiger charge is -2.26. The highest BCUT2D eigenvalue weighted by Gasteiger charge is 2.26. The van der Waals surface area contributed by atoms with Crippen LogP contribution < -0.4 is 10.1 Å². The Morgan fingerprint density at radius 2 is 2.03 bits per heavy atom. The van der Waals surface area contributed by atoms with Gasteiger partial charge in [0.15, 0.2) is 0 Å². The number of amides is 1. The van der Waals surface area contributed by atoms with Crippen LogP contribution in [-0.2, 0) is 19.6 Å². The number of carbonyl (C=O) groups is 1. The Bertz CT molecular complexity index is 769. The average molecular weight is 448 g/mol. The van der Waals surface area contributed by atoms with Gasteiger partial charge in [-0.05, 0) is 38.1 Å². The number of carbonyl (C=O) groups excluding carboxylic acids is 1. The smallest absolute Gasteiger partial charge is 0.243 e. The lowest BCUT2D eigenvalue weighted by molar-refractivity contribution is -0.121. The fourth-order valence-corrected chi connectivity index (χ4v) is 4.73. The molecule has 1 aromatic rings. The summed E-state index contributed by atoms with van der Waals surface area (Å²) in [6.45, 7) is 8.55. The van der Waals surface area contributed by atoms with Crippen LogP contribution >= 0.6 is 11.6 Å². The standard InChI is InChI=1S/C19H30ClN3O5S/c1-3-23(15-19(24)21-8-5-9-22-10-12-27-13-11-22)29(25,26)16-6-7-18(28-4-2)17(20)14-16/h6-7,14H,3-5,8-13,15H2,1-2H3,(H,21,24). The Hall–Kier alpha value is -1.39. The molecule has 1 aliphatic heterocycles. The van der Waals surface area contributed by atoms with Crippen molar-refractivity contribution < 1.29 is 22.7 Å². The molecule has 0 aromatic heterocycles. The van der Waals surface area contributed by atoms with Gasteiger partial charge in [-0.3, -0.25) is 9.69 Å². The molecular formula is C19H30ClN3O5S. The van der Waals surface area contributed by atoms with Gasteiger partial charge in [0, 0.05) is 26.2 Å². The molecule has 1 aliphatic rings. The van der Waals surface area contributed by atoms with Gasteiger partial charge in [0.25, 0.3) is 0 Å². The number of ether oxygens (including phenoxy) is 2. The molecule has 1 saturated heterocycles. The molecule has 0 aliphatic carbocycles. The Balaban J connectivity index is 1.88. The first kappa shape index (κ1) is 23.9. The third-order valence-electron chi connectivity index (χ3n) is 4.59. The van der Waals surface area contributed by atoms with Gasteiger partial charge < -0.3 is 14.8 Å². The summed E-state index contributed by atoms with van der Waals surface area (Å²) in [7, 11) is -3.84. The van der Waals surface area contributed by atoms with Crippen LogP contribution in [0.25, 0.3) is 0 Å². The van der Waals surface area contributed by atoms with Crippen LogP contribution in [-0.4, -0.2) is 82.6 Å². The van der Waals surface area contributed by atoms with Gasteiger partial charge in [-0.25, -0.2) is 8.42 Å². The van der Waals surface area contributed by atoms with E-state index >= 15 is 0 Å². The fourth-order valence-electron chi connectivity index (χ4n) is 3.00. The van der Waals surface area contributed by atoms with E-state index in [1.54, 1.807) is 6.92 Å². The number of hydrogen-bond acceptors (Lipinski definition) is 6. The molecule has 0 unspecified atom stereocenters. The van der Waals surface area contributed by atoms with Crippen molar-refractivity contribution in [1.82, 2.24) is 14.5 Å². The van der Waals surface area contributed by atoms with E-state index in [0.717, 1.165) is 43.6 Å². The second kappa shape index (κ2) is 11.7. The summed E-state index contributed by atoms with van der Waals surface area (Å²) in [5, 5.41) is 3.02. The molecule has 1 amide bonds. The summed E-state index contributed by atoms with van der Waals surface area (Å²) in [4.78, 5) is 14.6. The number of rotatable bonds is 11. The van der Waals surface area contributed by atoms with Crippen LogP contribution in [0.3, 0.4) is 0 Å². The number of likely N-dealkylation sites (N-methyl/N-ethyl adjacent to an activating group) is 1. The Morgan fingerprint density at radius 1 is 1.31 bits per heavy atom. The van der Waals surface area contributed by atoms with E-state index in [4.69, 9.17) is 21.1 Å². The molecule has 0 radical (unpaired) electrons. The summed E-state index contributed by atoms with van der Waals surface area (Å²) >= 11 is 6.12. The van der Waals surface area contributed by atoms with E-state index < -0.39 is 10.0 Å². The van der Waals surface area contributed by atoms with Gasteiger partial charge in [0.1, 0.15) is 5.75 Å². The minimum atomic E-state index is -3.84. The number of nitrogens with zero attached hydrogens (tertiary/aromatic N) is 2. The number of sulfonamides is 1. The van der Waals surface area contributed by atoms with Crippen molar-refractivity contribution in [3.8, 4) is 5.75 Å². The summed E-state index contributed by atoms with van der Waals surface area (Å²) in [5.74, 6) is 0.101. The van der Waals surface area contributed by atoms with Crippen LogP contribution in [0.5, 0.6) is 5.75 Å². The molecule has 2 rings (SSSR count). The molecule has 1 heterocycles. The van der Waals surface area contributed by atoms with Crippen LogP contribution in [0.4, 0.5) is 0 Å². The zero-order chi connectivity index (χ0) is 21.3. The maximum absolute atomic E-state index is 12.9. The first-order valence-corrected chi connectivity index (χ1v) is 11.7. The van der Waals surface area contributed by atoms with Gasteiger partial charge in [-0.2, -0.15) is 4.31 Å². The number of benzene rings is 1. The van der Waals surface area contributed by atoms with E-state index in [-0.39, 0.29) is 28.9 Å². The first-order chi connectivity index (χ1) is 13.9. The van der Waals surface area contributed by atoms with Crippen molar-refractivity contribution >= 4 is 27.5 Å². The lowest BCUT2D eigenvalue weighted by Crippen LogP contribution is -2.42. The second-order valence-corrected chi connectivity index (χ2v) is 8.96. The third-order valence-corrected chi connectivity index (χ3v) is 6.80. The average Bonchev–Trinajstić information content (AvgIpc) is 2.71. The monoisotopic (exact) mass is 447 g/mol. The molecule has 0 saturated carbocycles. The van der Waals surface area contributed by atoms with Crippen LogP contribution in [0.1, 0.15) is 20.3 Å². The first-order valence-electron chi connectivity index (χ1n) is 9.87. The molecular weight excluding hydrogens is 418 g/mol. The Morgan fingerprint density at radius 3 is 2.66 bits per heavy atom. The molecule has 1 fully saturated rings. The maximum atomic E-state index is 12.9. The number of hydrogen-bond donors (Lipinski definition) is 1. The van der Waals surface area contributed by atoms with E-state index in [1.165, 1.54) is 18.2 Å². The van der Waals surface area contributed by atoms with Gasteiger partial charge in [-0.15, -0.1) is 0 Å². The summed E-state index contributed by atoms with van der Waals surface area (Å²) in [5.41, 5.74) is 0. The van der Waals surface area contributed by atoms with Crippen molar-refractivity contribution in [3.05, 3.63) is 23.2 Å². The van der Waals surface area contributed by atoms with Crippen molar-refractivity contribution in [2.24, 2.45) is 0 Å². The van der Waals surface area contributed by atoms with Gasteiger partial charge >= 0.3 is 0 Å². The normalized spacial score (nSPS) is 15.4. The summed E-state index contributed by atoms with van der Waals surface area (Å²) < 4.78 is 37.5. The van der Waals surface area contributed by atoms with Crippen molar-refractivity contribution in [2.75, 3.05) is 59.1 Å². The largest absolute Gasteiger partial charge is 0.492 e. The predicted octanol–water partition coefficient (Wildman–Crippen LogP) is 1.59. The van der Waals surface area contributed by atoms with E-state index in [2.05, 4.69) is 10.2 Å². The van der Waals surface area contributed by atoms with Crippen LogP contribution in [0, 0.1) is 0 Å². The topological polar surface area (TPSA) is 88.2 Å². The minimum Gasteiger partial charge on any atom is -0.492 e. The summed E-state index contributed by atoms with van der Waals surface area (Å²) in [6.07, 6.45) is 0.805. The van der Waals surface area contributed by atoms with Gasteiger partial charge in [0.05, 0.1) is 36.3 Å². The lowest BCUT2D eigenvalue weighted by atomic mass is 10.3. The highest BCUT2D eigenvalue weighted by molar-refractivity contribution is 7.89. The molecule has 0 spiro atoms. The number of morpholine rings is 1. The van der Waals surface area contributed by atoms with Crippen molar-refractivity contribution in [3.63, 3.8) is 0 Å². The van der Waals surface area contributed by atoms with E-state index in [1.807, 2.05) is 6.92 Å².